The highest BCUT2D eigenvalue weighted by atomic mass is 19.1. The lowest BCUT2D eigenvalue weighted by molar-refractivity contribution is -0.142. The molecule has 1 fully saturated rings. The molecule has 4 rings (SSSR count). The lowest BCUT2D eigenvalue weighted by atomic mass is 9.86. The maximum atomic E-state index is 15.1. The van der Waals surface area contributed by atoms with E-state index < -0.39 is 23.6 Å². The van der Waals surface area contributed by atoms with E-state index in [0.717, 1.165) is 24.1 Å². The number of halogens is 1. The van der Waals surface area contributed by atoms with Gasteiger partial charge in [0.15, 0.2) is 0 Å². The number of H-pyrrole nitrogens is 1. The summed E-state index contributed by atoms with van der Waals surface area (Å²) in [6, 6.07) is 1.15. The smallest absolute Gasteiger partial charge is 0.306 e. The summed E-state index contributed by atoms with van der Waals surface area (Å²) in [6.45, 7) is 1.23. The van der Waals surface area contributed by atoms with Crippen molar-refractivity contribution < 1.29 is 19.1 Å². The molecule has 2 unspecified atom stereocenters. The minimum absolute atomic E-state index is 0.0322. The SMILES string of the molecule is NC(=O)c1cc(F)c(N2CCCC(N)C2)c2c3c([nH]c12)CC(C(=O)O)CC3. The van der Waals surface area contributed by atoms with Gasteiger partial charge in [-0.1, -0.05) is 0 Å². The van der Waals surface area contributed by atoms with E-state index >= 15 is 4.39 Å². The average molecular weight is 374 g/mol. The molecule has 1 aromatic heterocycles. The van der Waals surface area contributed by atoms with Gasteiger partial charge in [0, 0.05) is 36.6 Å². The molecule has 0 spiro atoms. The largest absolute Gasteiger partial charge is 0.481 e. The molecular weight excluding hydrogens is 351 g/mol. The normalized spacial score (nSPS) is 22.7. The number of fused-ring (bicyclic) bond motifs is 3. The van der Waals surface area contributed by atoms with Crippen LogP contribution >= 0.6 is 0 Å². The molecule has 1 amide bonds. The predicted molar refractivity (Wildman–Crippen MR) is 99.3 cm³/mol. The van der Waals surface area contributed by atoms with E-state index in [-0.39, 0.29) is 11.6 Å². The van der Waals surface area contributed by atoms with Crippen LogP contribution in [0.3, 0.4) is 0 Å². The predicted octanol–water partition coefficient (Wildman–Crippen LogP) is 1.52. The van der Waals surface area contributed by atoms with Crippen molar-refractivity contribution in [1.29, 1.82) is 0 Å². The summed E-state index contributed by atoms with van der Waals surface area (Å²) in [5.74, 6) is -2.54. The maximum absolute atomic E-state index is 15.1. The van der Waals surface area contributed by atoms with Crippen molar-refractivity contribution in [2.75, 3.05) is 18.0 Å². The van der Waals surface area contributed by atoms with Gasteiger partial charge >= 0.3 is 5.97 Å². The van der Waals surface area contributed by atoms with E-state index in [1.165, 1.54) is 6.07 Å². The zero-order valence-electron chi connectivity index (χ0n) is 14.9. The first-order chi connectivity index (χ1) is 12.9. The van der Waals surface area contributed by atoms with Crippen molar-refractivity contribution in [2.24, 2.45) is 17.4 Å². The van der Waals surface area contributed by atoms with Gasteiger partial charge in [0.25, 0.3) is 5.91 Å². The van der Waals surface area contributed by atoms with Crippen LogP contribution in [0.2, 0.25) is 0 Å². The number of hydrogen-bond acceptors (Lipinski definition) is 4. The molecule has 6 N–H and O–H groups in total. The van der Waals surface area contributed by atoms with Crippen molar-refractivity contribution in [3.8, 4) is 0 Å². The summed E-state index contributed by atoms with van der Waals surface area (Å²) in [6.07, 6.45) is 3.09. The van der Waals surface area contributed by atoms with Gasteiger partial charge < -0.3 is 26.5 Å². The van der Waals surface area contributed by atoms with Crippen LogP contribution in [0.4, 0.5) is 10.1 Å². The highest BCUT2D eigenvalue weighted by Gasteiger charge is 2.32. The molecular formula is C19H23FN4O3. The zero-order valence-corrected chi connectivity index (χ0v) is 14.9. The minimum atomic E-state index is -0.845. The number of primary amides is 1. The van der Waals surface area contributed by atoms with Crippen LogP contribution in [0, 0.1) is 11.7 Å². The molecule has 2 atom stereocenters. The van der Waals surface area contributed by atoms with Gasteiger partial charge in [-0.25, -0.2) is 4.39 Å². The summed E-state index contributed by atoms with van der Waals surface area (Å²) in [4.78, 5) is 28.4. The summed E-state index contributed by atoms with van der Waals surface area (Å²) < 4.78 is 15.1. The van der Waals surface area contributed by atoms with E-state index in [0.29, 0.717) is 48.9 Å². The summed E-state index contributed by atoms with van der Waals surface area (Å²) in [5, 5.41) is 9.99. The number of aromatic nitrogens is 1. The Morgan fingerprint density at radius 1 is 1.33 bits per heavy atom. The van der Waals surface area contributed by atoms with Crippen LogP contribution < -0.4 is 16.4 Å². The number of carbonyl (C=O) groups is 2. The lowest BCUT2D eigenvalue weighted by Gasteiger charge is -2.34. The number of carboxylic acids is 1. The number of aryl methyl sites for hydroxylation is 1. The van der Waals surface area contributed by atoms with Crippen molar-refractivity contribution in [3.05, 3.63) is 28.7 Å². The molecule has 27 heavy (non-hydrogen) atoms. The molecule has 7 nitrogen and oxygen atoms in total. The van der Waals surface area contributed by atoms with Crippen LogP contribution in [0.15, 0.2) is 6.07 Å². The Bertz CT molecular complexity index is 939. The Morgan fingerprint density at radius 2 is 2.11 bits per heavy atom. The average Bonchev–Trinajstić information content (AvgIpc) is 2.99. The second-order valence-electron chi connectivity index (χ2n) is 7.58. The molecule has 1 aliphatic carbocycles. The fraction of sp³-hybridized carbons (Fsp3) is 0.474. The molecule has 2 heterocycles. The first-order valence-corrected chi connectivity index (χ1v) is 9.26. The van der Waals surface area contributed by atoms with Gasteiger partial charge in [-0.05, 0) is 37.3 Å². The molecule has 144 valence electrons. The topological polar surface area (TPSA) is 125 Å². The fourth-order valence-corrected chi connectivity index (χ4v) is 4.49. The number of piperidine rings is 1. The highest BCUT2D eigenvalue weighted by molar-refractivity contribution is 6.10. The van der Waals surface area contributed by atoms with Crippen molar-refractivity contribution >= 4 is 28.5 Å². The minimum Gasteiger partial charge on any atom is -0.481 e. The number of aromatic amines is 1. The maximum Gasteiger partial charge on any atom is 0.306 e. The number of rotatable bonds is 3. The Kier molecular flexibility index (Phi) is 4.30. The van der Waals surface area contributed by atoms with Crippen molar-refractivity contribution in [1.82, 2.24) is 4.98 Å². The molecule has 2 aromatic rings. The second kappa shape index (κ2) is 6.53. The number of amides is 1. The highest BCUT2D eigenvalue weighted by Crippen LogP contribution is 2.41. The number of carbonyl (C=O) groups excluding carboxylic acids is 1. The van der Waals surface area contributed by atoms with E-state index in [1.54, 1.807) is 0 Å². The Morgan fingerprint density at radius 3 is 2.78 bits per heavy atom. The van der Waals surface area contributed by atoms with Crippen LogP contribution in [0.25, 0.3) is 10.9 Å². The van der Waals surface area contributed by atoms with Gasteiger partial charge in [0.05, 0.1) is 22.7 Å². The van der Waals surface area contributed by atoms with Gasteiger partial charge in [-0.3, -0.25) is 9.59 Å². The molecule has 0 radical (unpaired) electrons. The monoisotopic (exact) mass is 374 g/mol. The molecule has 1 saturated heterocycles. The number of carboxylic acid groups (broad SMARTS) is 1. The third kappa shape index (κ3) is 2.93. The molecule has 1 aliphatic heterocycles. The summed E-state index contributed by atoms with van der Waals surface area (Å²) >= 11 is 0. The lowest BCUT2D eigenvalue weighted by Crippen LogP contribution is -2.43. The number of benzene rings is 1. The second-order valence-corrected chi connectivity index (χ2v) is 7.58. The first kappa shape index (κ1) is 17.8. The third-order valence-electron chi connectivity index (χ3n) is 5.78. The number of nitrogens with zero attached hydrogens (tertiary/aromatic N) is 1. The van der Waals surface area contributed by atoms with Crippen LogP contribution in [-0.2, 0) is 17.6 Å². The molecule has 0 bridgehead atoms. The Balaban J connectivity index is 1.93. The van der Waals surface area contributed by atoms with Gasteiger partial charge in [0.2, 0.25) is 0 Å². The van der Waals surface area contributed by atoms with Crippen molar-refractivity contribution in [3.63, 3.8) is 0 Å². The van der Waals surface area contributed by atoms with E-state index in [2.05, 4.69) is 4.98 Å². The van der Waals surface area contributed by atoms with Gasteiger partial charge in [0.1, 0.15) is 5.82 Å². The standard InChI is InChI=1S/C19H23FN4O3/c20-13-7-12(18(22)25)16-15(17(13)24-5-1-2-10(21)8-24)11-4-3-9(19(26)27)6-14(11)23-16/h7,9-10,23H,1-6,8,21H2,(H2,22,25)(H,26,27). The molecule has 8 heteroatoms. The number of anilines is 1. The zero-order chi connectivity index (χ0) is 19.3. The van der Waals surface area contributed by atoms with Crippen LogP contribution in [0.1, 0.15) is 40.9 Å². The number of aliphatic carboxylic acids is 1. The van der Waals surface area contributed by atoms with Crippen molar-refractivity contribution in [2.45, 2.75) is 38.1 Å². The third-order valence-corrected chi connectivity index (χ3v) is 5.78. The number of hydrogen-bond donors (Lipinski definition) is 4. The molecule has 1 aromatic carbocycles. The van der Waals surface area contributed by atoms with E-state index in [9.17, 15) is 14.7 Å². The summed E-state index contributed by atoms with van der Waals surface area (Å²) in [7, 11) is 0. The van der Waals surface area contributed by atoms with E-state index in [1.807, 2.05) is 4.90 Å². The van der Waals surface area contributed by atoms with E-state index in [4.69, 9.17) is 11.5 Å². The fourth-order valence-electron chi connectivity index (χ4n) is 4.49. The molecule has 0 saturated carbocycles. The quantitative estimate of drug-likeness (QED) is 0.648. The molecule has 2 aliphatic rings. The van der Waals surface area contributed by atoms with Gasteiger partial charge in [-0.15, -0.1) is 0 Å². The van der Waals surface area contributed by atoms with Crippen LogP contribution in [0.5, 0.6) is 0 Å². The summed E-state index contributed by atoms with van der Waals surface area (Å²) in [5.41, 5.74) is 14.2. The Hall–Kier alpha value is -2.61. The Labute approximate surface area is 155 Å². The van der Waals surface area contributed by atoms with Crippen LogP contribution in [-0.4, -0.2) is 41.1 Å². The number of nitrogens with two attached hydrogens (primary N) is 2. The first-order valence-electron chi connectivity index (χ1n) is 9.26. The number of nitrogens with one attached hydrogen (secondary N) is 1. The van der Waals surface area contributed by atoms with Gasteiger partial charge in [-0.2, -0.15) is 0 Å².